The van der Waals surface area contributed by atoms with E-state index in [1.807, 2.05) is 0 Å². The molecule has 216 valence electrons. The van der Waals surface area contributed by atoms with Crippen molar-refractivity contribution in [2.24, 2.45) is 0 Å². The Morgan fingerprint density at radius 1 is 0.694 bits per heavy atom. The van der Waals surface area contributed by atoms with E-state index >= 15 is 0 Å². The van der Waals surface area contributed by atoms with Crippen molar-refractivity contribution in [3.8, 4) is 0 Å². The van der Waals surface area contributed by atoms with Gasteiger partial charge in [0.2, 0.25) is 0 Å². The second kappa shape index (κ2) is 16.2. The molecule has 0 aromatic rings. The minimum absolute atomic E-state index is 0.0893. The van der Waals surface area contributed by atoms with E-state index in [4.69, 9.17) is 6.57 Å². The van der Waals surface area contributed by atoms with Crippen LogP contribution in [0, 0.1) is 6.57 Å². The number of thioether (sulfide) groups is 2. The van der Waals surface area contributed by atoms with E-state index < -0.39 is 72.2 Å². The summed E-state index contributed by atoms with van der Waals surface area (Å²) in [6, 6.07) is 0. The quantitative estimate of drug-likeness (QED) is 0.121. The minimum atomic E-state index is -5.52. The van der Waals surface area contributed by atoms with Gasteiger partial charge < -0.3 is 4.85 Å². The average Bonchev–Trinajstić information content (AvgIpc) is 2.63. The fourth-order valence-electron chi connectivity index (χ4n) is 1.20. The molecule has 20 heteroatoms. The molecule has 0 aliphatic rings. The zero-order chi connectivity index (χ0) is 29.6. The molecule has 0 rings (SSSR count). The molecule has 0 fully saturated rings. The monoisotopic (exact) mass is 621 g/mol. The zero-order valence-electron chi connectivity index (χ0n) is 17.7. The van der Waals surface area contributed by atoms with E-state index in [-0.39, 0.29) is 11.6 Å². The number of rotatable bonds is 9. The van der Waals surface area contributed by atoms with Gasteiger partial charge in [-0.2, -0.15) is 78.5 Å². The first-order valence-electron chi connectivity index (χ1n) is 8.78. The molecule has 0 unspecified atom stereocenters. The summed E-state index contributed by atoms with van der Waals surface area (Å²) in [4.78, 5) is 13.0. The summed E-state index contributed by atoms with van der Waals surface area (Å²) < 4.78 is 175. The smallest absolute Gasteiger partial charge is 0.305 e. The van der Waals surface area contributed by atoms with E-state index in [0.29, 0.717) is 11.8 Å². The Labute approximate surface area is 209 Å². The van der Waals surface area contributed by atoms with E-state index in [2.05, 4.69) is 17.5 Å². The molecular weight excluding hydrogens is 603 g/mol. The van der Waals surface area contributed by atoms with Crippen molar-refractivity contribution in [3.63, 3.8) is 0 Å². The maximum Gasteiger partial charge on any atom is 0.453 e. The van der Waals surface area contributed by atoms with Crippen LogP contribution in [0.4, 0.5) is 65.9 Å². The lowest BCUT2D eigenvalue weighted by molar-refractivity contribution is -0.282. The van der Waals surface area contributed by atoms with Gasteiger partial charge in [-0.1, -0.05) is 23.5 Å². The number of alkyl halides is 15. The SMILES string of the molecule is CC(=O)SCCC(F)(F)C(F)(F)F.FC(F)(F)C(F)(F)CCS.[C-]#[N+]CSCCC(F)(F)C(F)(F)F. The Bertz CT molecular complexity index is 670. The fraction of sp³-hybridized carbons (Fsp3) is 0.875. The van der Waals surface area contributed by atoms with E-state index in [9.17, 15) is 70.7 Å². The summed E-state index contributed by atoms with van der Waals surface area (Å²) >= 11 is 4.48. The number of hydrogen-bond donors (Lipinski definition) is 1. The molecule has 0 aromatic heterocycles. The van der Waals surface area contributed by atoms with Crippen LogP contribution in [0.2, 0.25) is 0 Å². The molecular formula is C16H18F15NOS3. The van der Waals surface area contributed by atoms with Crippen LogP contribution in [0.5, 0.6) is 0 Å². The maximum atomic E-state index is 12.1. The van der Waals surface area contributed by atoms with Gasteiger partial charge in [0, 0.05) is 37.7 Å². The lowest BCUT2D eigenvalue weighted by Crippen LogP contribution is -2.36. The average molecular weight is 621 g/mol. The van der Waals surface area contributed by atoms with Gasteiger partial charge >= 0.3 is 36.3 Å². The van der Waals surface area contributed by atoms with Crippen molar-refractivity contribution in [2.75, 3.05) is 23.1 Å². The summed E-state index contributed by atoms with van der Waals surface area (Å²) in [5, 5.41) is -0.474. The van der Waals surface area contributed by atoms with Gasteiger partial charge in [0.25, 0.3) is 5.88 Å². The molecule has 2 nitrogen and oxygen atoms in total. The highest BCUT2D eigenvalue weighted by Gasteiger charge is 2.58. The number of thiol groups is 1. The van der Waals surface area contributed by atoms with Crippen LogP contribution in [0.3, 0.4) is 0 Å². The molecule has 0 aliphatic heterocycles. The number of halogens is 15. The Morgan fingerprint density at radius 3 is 1.28 bits per heavy atom. The fourth-order valence-corrected chi connectivity index (χ4v) is 2.75. The molecule has 0 aliphatic carbocycles. The largest absolute Gasteiger partial charge is 0.453 e. The topological polar surface area (TPSA) is 21.4 Å². The van der Waals surface area contributed by atoms with Crippen LogP contribution in [0.1, 0.15) is 26.2 Å². The van der Waals surface area contributed by atoms with Crippen LogP contribution >= 0.6 is 36.2 Å². The summed E-state index contributed by atoms with van der Waals surface area (Å²) in [5.41, 5.74) is 0. The van der Waals surface area contributed by atoms with Gasteiger partial charge in [-0.05, 0) is 5.75 Å². The van der Waals surface area contributed by atoms with E-state index in [1.54, 1.807) is 0 Å². The second-order valence-corrected chi connectivity index (χ2v) is 8.91. The van der Waals surface area contributed by atoms with Crippen molar-refractivity contribution in [2.45, 2.75) is 62.5 Å². The molecule has 0 aromatic carbocycles. The van der Waals surface area contributed by atoms with Gasteiger partial charge in [0.15, 0.2) is 5.12 Å². The van der Waals surface area contributed by atoms with Crippen molar-refractivity contribution in [1.82, 2.24) is 0 Å². The highest BCUT2D eigenvalue weighted by molar-refractivity contribution is 8.13. The predicted octanol–water partition coefficient (Wildman–Crippen LogP) is 8.54. The second-order valence-electron chi connectivity index (χ2n) is 6.12. The molecule has 0 spiro atoms. The molecule has 0 saturated carbocycles. The third-order valence-electron chi connectivity index (χ3n) is 3.11. The molecule has 0 bridgehead atoms. The third kappa shape index (κ3) is 17.6. The molecule has 36 heavy (non-hydrogen) atoms. The van der Waals surface area contributed by atoms with Gasteiger partial charge in [0.05, 0.1) is 0 Å². The van der Waals surface area contributed by atoms with Crippen molar-refractivity contribution in [1.29, 1.82) is 0 Å². The zero-order valence-corrected chi connectivity index (χ0v) is 20.3. The number of carbonyl (C=O) groups excluding carboxylic acids is 1. The van der Waals surface area contributed by atoms with Crippen molar-refractivity contribution >= 4 is 41.3 Å². The van der Waals surface area contributed by atoms with Crippen LogP contribution in [0.15, 0.2) is 0 Å². The lowest BCUT2D eigenvalue weighted by atomic mass is 10.2. The maximum absolute atomic E-state index is 12.1. The van der Waals surface area contributed by atoms with Gasteiger partial charge in [-0.15, -0.1) is 0 Å². The minimum Gasteiger partial charge on any atom is -0.305 e. The van der Waals surface area contributed by atoms with Crippen LogP contribution in [-0.2, 0) is 4.79 Å². The number of hydrogen-bond acceptors (Lipinski definition) is 4. The Hall–Kier alpha value is -0.840. The van der Waals surface area contributed by atoms with Gasteiger partial charge in [0.1, 0.15) is 0 Å². The lowest BCUT2D eigenvalue weighted by Gasteiger charge is -2.18. The van der Waals surface area contributed by atoms with Crippen molar-refractivity contribution < 1.29 is 70.7 Å². The van der Waals surface area contributed by atoms with Crippen LogP contribution < -0.4 is 0 Å². The third-order valence-corrected chi connectivity index (χ3v) is 4.95. The Morgan fingerprint density at radius 2 is 1.03 bits per heavy atom. The van der Waals surface area contributed by atoms with Crippen LogP contribution in [0.25, 0.3) is 4.85 Å². The summed E-state index contributed by atoms with van der Waals surface area (Å²) in [6.45, 7) is 7.36. The first-order chi connectivity index (χ1) is 15.8. The Kier molecular flexibility index (Phi) is 17.8. The first-order valence-corrected chi connectivity index (χ1v) is 11.5. The molecule has 0 radical (unpaired) electrons. The summed E-state index contributed by atoms with van der Waals surface area (Å²) in [7, 11) is 0. The highest BCUT2D eigenvalue weighted by Crippen LogP contribution is 2.40. The molecule has 0 saturated heterocycles. The predicted molar refractivity (Wildman–Crippen MR) is 108 cm³/mol. The Balaban J connectivity index is -0.000000459. The van der Waals surface area contributed by atoms with E-state index in [0.717, 1.165) is 18.7 Å². The standard InChI is InChI=1S/C6H6F5NS.C6H7F5OS.C4H5F5S/c1-12-4-13-3-2-5(7,8)6(9,10)11;1-4(12)13-3-2-5(7,8)6(9,10)11;5-3(6,1-2-10)4(7,8)9/h2-4H2;2-3H2,1H3;10H,1-2H2. The normalized spacial score (nSPS) is 13.1. The highest BCUT2D eigenvalue weighted by atomic mass is 32.2. The molecule has 0 amide bonds. The van der Waals surface area contributed by atoms with Crippen molar-refractivity contribution in [3.05, 3.63) is 11.4 Å². The van der Waals surface area contributed by atoms with E-state index in [1.165, 1.54) is 0 Å². The summed E-state index contributed by atoms with van der Waals surface area (Å²) in [6.07, 6.45) is -20.3. The first kappa shape index (κ1) is 39.7. The number of carbonyl (C=O) groups is 1. The molecule has 0 heterocycles. The van der Waals surface area contributed by atoms with Crippen LogP contribution in [-0.4, -0.2) is 64.5 Å². The molecule has 0 N–H and O–H groups in total. The molecule has 0 atom stereocenters. The van der Waals surface area contributed by atoms with Gasteiger partial charge in [-0.3, -0.25) is 4.79 Å². The summed E-state index contributed by atoms with van der Waals surface area (Å²) in [5.74, 6) is -15.4. The van der Waals surface area contributed by atoms with Gasteiger partial charge in [-0.25, -0.2) is 6.57 Å². The number of nitrogens with zero attached hydrogens (tertiary/aromatic N) is 1.